The zero-order valence-electron chi connectivity index (χ0n) is 34.0. The Morgan fingerprint density at radius 2 is 1.56 bits per heavy atom. The first-order chi connectivity index (χ1) is 27.2. The van der Waals surface area contributed by atoms with Gasteiger partial charge < -0.3 is 29.0 Å². The number of nitrogens with one attached hydrogen (secondary N) is 1. The largest absolute Gasteiger partial charge is 0.467 e. The summed E-state index contributed by atoms with van der Waals surface area (Å²) >= 11 is 0. The van der Waals surface area contributed by atoms with E-state index in [4.69, 9.17) is 23.7 Å². The highest BCUT2D eigenvalue weighted by Crippen LogP contribution is 2.44. The lowest BCUT2D eigenvalue weighted by Crippen LogP contribution is -2.52. The van der Waals surface area contributed by atoms with Gasteiger partial charge in [0.15, 0.2) is 0 Å². The van der Waals surface area contributed by atoms with Crippen LogP contribution in [-0.2, 0) is 35.1 Å². The molecule has 306 valence electrons. The van der Waals surface area contributed by atoms with Gasteiger partial charge >= 0.3 is 24.2 Å². The Kier molecular flexibility index (Phi) is 14.4. The molecule has 0 bridgehead atoms. The van der Waals surface area contributed by atoms with Gasteiger partial charge in [-0.05, 0) is 88.1 Å². The normalized spacial score (nSPS) is 16.7. The number of amides is 3. The van der Waals surface area contributed by atoms with E-state index in [9.17, 15) is 19.2 Å². The second-order valence-corrected chi connectivity index (χ2v) is 15.9. The first kappa shape index (κ1) is 42.8. The third-order valence-electron chi connectivity index (χ3n) is 10.4. The minimum atomic E-state index is -0.987. The minimum Gasteiger partial charge on any atom is -0.467 e. The van der Waals surface area contributed by atoms with E-state index in [1.807, 2.05) is 101 Å². The Morgan fingerprint density at radius 3 is 2.18 bits per heavy atom. The Bertz CT molecular complexity index is 1810. The van der Waals surface area contributed by atoms with Crippen molar-refractivity contribution in [3.63, 3.8) is 0 Å². The third-order valence-corrected chi connectivity index (χ3v) is 10.4. The van der Waals surface area contributed by atoms with Crippen LogP contribution in [0.25, 0.3) is 11.1 Å². The molecule has 12 nitrogen and oxygen atoms in total. The Labute approximate surface area is 336 Å². The molecule has 0 unspecified atom stereocenters. The second-order valence-electron chi connectivity index (χ2n) is 15.9. The highest BCUT2D eigenvalue weighted by Gasteiger charge is 2.48. The van der Waals surface area contributed by atoms with Gasteiger partial charge in [-0.3, -0.25) is 9.80 Å². The predicted octanol–water partition coefficient (Wildman–Crippen LogP) is 8.44. The Balaban J connectivity index is 1.31. The van der Waals surface area contributed by atoms with Crippen LogP contribution in [0.3, 0.4) is 0 Å². The number of hydrogen-bond acceptors (Lipinski definition) is 9. The van der Waals surface area contributed by atoms with Gasteiger partial charge in [0.1, 0.15) is 30.6 Å². The van der Waals surface area contributed by atoms with Crippen LogP contribution in [0.1, 0.15) is 82.9 Å². The summed E-state index contributed by atoms with van der Waals surface area (Å²) in [7, 11) is 1.29. The third kappa shape index (κ3) is 10.9. The lowest BCUT2D eigenvalue weighted by atomic mass is 9.94. The van der Waals surface area contributed by atoms with Gasteiger partial charge in [-0.2, -0.15) is 0 Å². The standard InChI is InChI=1S/C45H57N3O9/c1-8-32(39-30-56-45(5,6)48(39)43(52)57-44(2,3)4)25-27-47(42(51)55-29-37-35-22-14-12-20-33(35)34-21-13-15-23-36(34)37)38(40(49)53-7)24-16-17-26-46-41(50)54-28-31-18-10-9-11-19-31/h8-15,18-23,32,37-39H,1,16-17,24-30H2,2-7H3,(H,46,50)/t32-,38-,39+/m0/s1. The van der Waals surface area contributed by atoms with Crippen molar-refractivity contribution in [2.24, 2.45) is 5.92 Å². The highest BCUT2D eigenvalue weighted by atomic mass is 16.6. The van der Waals surface area contributed by atoms with Crippen LogP contribution < -0.4 is 5.32 Å². The molecule has 57 heavy (non-hydrogen) atoms. The molecule has 12 heteroatoms. The van der Waals surface area contributed by atoms with Crippen molar-refractivity contribution in [2.75, 3.05) is 33.4 Å². The lowest BCUT2D eigenvalue weighted by molar-refractivity contribution is -0.146. The molecule has 3 aromatic carbocycles. The number of nitrogens with zero attached hydrogens (tertiary/aromatic N) is 2. The Morgan fingerprint density at radius 1 is 0.930 bits per heavy atom. The number of carbonyl (C=O) groups is 4. The fourth-order valence-corrected chi connectivity index (χ4v) is 7.59. The summed E-state index contributed by atoms with van der Waals surface area (Å²) in [6, 6.07) is 24.1. The molecule has 0 spiro atoms. The van der Waals surface area contributed by atoms with Crippen molar-refractivity contribution in [1.82, 2.24) is 15.1 Å². The van der Waals surface area contributed by atoms with Gasteiger partial charge in [0.2, 0.25) is 0 Å². The molecule has 0 saturated carbocycles. The highest BCUT2D eigenvalue weighted by molar-refractivity contribution is 5.82. The number of ether oxygens (including phenoxy) is 5. The summed E-state index contributed by atoms with van der Waals surface area (Å²) in [4.78, 5) is 56.6. The van der Waals surface area contributed by atoms with E-state index in [0.717, 1.165) is 27.8 Å². The predicted molar refractivity (Wildman–Crippen MR) is 216 cm³/mol. The van der Waals surface area contributed by atoms with Crippen molar-refractivity contribution >= 4 is 24.2 Å². The summed E-state index contributed by atoms with van der Waals surface area (Å²) in [6.07, 6.45) is 1.61. The van der Waals surface area contributed by atoms with Crippen molar-refractivity contribution in [1.29, 1.82) is 0 Å². The molecule has 3 aromatic rings. The van der Waals surface area contributed by atoms with E-state index in [-0.39, 0.29) is 44.6 Å². The number of fused-ring (bicyclic) bond motifs is 3. The van der Waals surface area contributed by atoms with Crippen molar-refractivity contribution in [3.8, 4) is 11.1 Å². The SMILES string of the molecule is C=C[C@@H](CCN(C(=O)OCC1c2ccccc2-c2ccccc21)[C@@H](CCCCNC(=O)OCc1ccccc1)C(=O)OC)[C@H]1COC(C)(C)N1C(=O)OC(C)(C)C. The molecule has 1 fully saturated rings. The average Bonchev–Trinajstić information content (AvgIpc) is 3.69. The smallest absolute Gasteiger partial charge is 0.412 e. The molecule has 1 heterocycles. The van der Waals surface area contributed by atoms with Gasteiger partial charge in [0.05, 0.1) is 19.8 Å². The van der Waals surface area contributed by atoms with Crippen LogP contribution in [0.2, 0.25) is 0 Å². The number of methoxy groups -OCH3 is 1. The summed E-state index contributed by atoms with van der Waals surface area (Å²) in [6.45, 7) is 14.0. The number of hydrogen-bond donors (Lipinski definition) is 1. The molecule has 1 aliphatic carbocycles. The number of carbonyl (C=O) groups excluding carboxylic acids is 4. The van der Waals surface area contributed by atoms with Crippen LogP contribution >= 0.6 is 0 Å². The van der Waals surface area contributed by atoms with Crippen molar-refractivity contribution in [2.45, 2.75) is 96.2 Å². The van der Waals surface area contributed by atoms with E-state index in [1.165, 1.54) is 12.0 Å². The lowest BCUT2D eigenvalue weighted by Gasteiger charge is -2.38. The topological polar surface area (TPSA) is 133 Å². The summed E-state index contributed by atoms with van der Waals surface area (Å²) in [5.41, 5.74) is 3.53. The number of benzene rings is 3. The maximum absolute atomic E-state index is 14.3. The van der Waals surface area contributed by atoms with Gasteiger partial charge in [0.25, 0.3) is 0 Å². The first-order valence-corrected chi connectivity index (χ1v) is 19.7. The fourth-order valence-electron chi connectivity index (χ4n) is 7.59. The van der Waals surface area contributed by atoms with E-state index >= 15 is 0 Å². The number of unbranched alkanes of at least 4 members (excludes halogenated alkanes) is 1. The second kappa shape index (κ2) is 19.2. The summed E-state index contributed by atoms with van der Waals surface area (Å²) in [5.74, 6) is -1.11. The van der Waals surface area contributed by atoms with Gasteiger partial charge in [-0.25, -0.2) is 19.2 Å². The molecule has 0 aromatic heterocycles. The zero-order chi connectivity index (χ0) is 41.2. The molecular weight excluding hydrogens is 727 g/mol. The monoisotopic (exact) mass is 783 g/mol. The van der Waals surface area contributed by atoms with Crippen molar-refractivity contribution < 1.29 is 42.9 Å². The van der Waals surface area contributed by atoms with Gasteiger partial charge in [0, 0.05) is 24.9 Å². The number of rotatable bonds is 16. The van der Waals surface area contributed by atoms with E-state index < -0.39 is 47.7 Å². The van der Waals surface area contributed by atoms with Crippen LogP contribution in [-0.4, -0.2) is 90.9 Å². The summed E-state index contributed by atoms with van der Waals surface area (Å²) < 4.78 is 28.5. The maximum Gasteiger partial charge on any atom is 0.412 e. The summed E-state index contributed by atoms with van der Waals surface area (Å²) in [5, 5.41) is 2.75. The van der Waals surface area contributed by atoms with Crippen LogP contribution in [0.5, 0.6) is 0 Å². The van der Waals surface area contributed by atoms with Crippen molar-refractivity contribution in [3.05, 3.63) is 108 Å². The molecule has 3 amide bonds. The Hall–Kier alpha value is -5.36. The van der Waals surface area contributed by atoms with E-state index in [1.54, 1.807) is 11.0 Å². The zero-order valence-corrected chi connectivity index (χ0v) is 34.0. The molecule has 2 aliphatic rings. The molecule has 5 rings (SSSR count). The average molecular weight is 784 g/mol. The van der Waals surface area contributed by atoms with E-state index in [2.05, 4.69) is 24.0 Å². The first-order valence-electron chi connectivity index (χ1n) is 19.7. The molecule has 3 atom stereocenters. The van der Waals surface area contributed by atoms with Gasteiger partial charge in [-0.15, -0.1) is 6.58 Å². The molecular formula is C45H57N3O9. The minimum absolute atomic E-state index is 0.0637. The molecule has 0 radical (unpaired) electrons. The van der Waals surface area contributed by atoms with E-state index in [0.29, 0.717) is 25.8 Å². The number of esters is 1. The maximum atomic E-state index is 14.3. The fraction of sp³-hybridized carbons (Fsp3) is 0.467. The van der Waals surface area contributed by atoms with Crippen LogP contribution in [0.15, 0.2) is 91.5 Å². The molecule has 1 aliphatic heterocycles. The quantitative estimate of drug-likeness (QED) is 0.0658. The molecule has 1 N–H and O–H groups in total. The van der Waals surface area contributed by atoms with Gasteiger partial charge in [-0.1, -0.05) is 84.9 Å². The number of alkyl carbamates (subject to hydrolysis) is 1. The molecule has 1 saturated heterocycles. The van der Waals surface area contributed by atoms with Crippen LogP contribution in [0.4, 0.5) is 14.4 Å². The van der Waals surface area contributed by atoms with Crippen LogP contribution in [0, 0.1) is 5.92 Å².